The van der Waals surface area contributed by atoms with Crippen LogP contribution in [-0.2, 0) is 6.61 Å². The number of aliphatic hydroxyl groups is 1. The highest BCUT2D eigenvalue weighted by molar-refractivity contribution is 9.10. The number of aromatic nitrogens is 3. The number of likely N-dealkylation sites (N-methyl/N-ethyl adjacent to an activating group) is 1. The number of hydrogen-bond acceptors (Lipinski definition) is 8. The lowest BCUT2D eigenvalue weighted by Crippen LogP contribution is -2.52. The van der Waals surface area contributed by atoms with Gasteiger partial charge in [-0.1, -0.05) is 0 Å². The van der Waals surface area contributed by atoms with Crippen molar-refractivity contribution in [2.45, 2.75) is 32.4 Å². The predicted molar refractivity (Wildman–Crippen MR) is 168 cm³/mol. The van der Waals surface area contributed by atoms with Gasteiger partial charge in [-0.05, 0) is 72.6 Å². The van der Waals surface area contributed by atoms with Gasteiger partial charge in [0.2, 0.25) is 5.95 Å². The zero-order valence-corrected chi connectivity index (χ0v) is 25.9. The summed E-state index contributed by atoms with van der Waals surface area (Å²) < 4.78 is 22.4. The second-order valence-electron chi connectivity index (χ2n) is 11.2. The first-order chi connectivity index (χ1) is 20.3. The molecule has 6 rings (SSSR count). The molecule has 0 aliphatic carbocycles. The number of piperazine rings is 1. The molecule has 0 amide bonds. The molecule has 2 aliphatic heterocycles. The van der Waals surface area contributed by atoms with Crippen LogP contribution in [0.5, 0.6) is 5.75 Å². The third-order valence-electron chi connectivity index (χ3n) is 8.60. The molecule has 0 bridgehead atoms. The number of piperidine rings is 1. The number of anilines is 3. The zero-order valence-electron chi connectivity index (χ0n) is 24.3. The van der Waals surface area contributed by atoms with E-state index in [2.05, 4.69) is 67.0 Å². The van der Waals surface area contributed by atoms with Crippen LogP contribution >= 0.6 is 15.9 Å². The normalized spacial score (nSPS) is 17.2. The molecule has 0 unspecified atom stereocenters. The van der Waals surface area contributed by atoms with Gasteiger partial charge >= 0.3 is 0 Å². The highest BCUT2D eigenvalue weighted by atomic mass is 79.9. The van der Waals surface area contributed by atoms with Crippen molar-refractivity contribution in [2.24, 2.45) is 0 Å². The quantitative estimate of drug-likeness (QED) is 0.290. The maximum Gasteiger partial charge on any atom is 0.229 e. The molecule has 2 saturated heterocycles. The molecule has 0 spiro atoms. The summed E-state index contributed by atoms with van der Waals surface area (Å²) in [6, 6.07) is 9.34. The fourth-order valence-electron chi connectivity index (χ4n) is 6.22. The number of nitrogens with one attached hydrogen (secondary N) is 1. The SMILES string of the molecule is COc1cc(N2CCC(N3CCN(C)CC3)CC2)c(C)cc1Nc1ncc(Br)c(-n2cc(CO)c3ccc(F)cc32)n1. The van der Waals surface area contributed by atoms with Crippen LogP contribution in [0.4, 0.5) is 21.7 Å². The van der Waals surface area contributed by atoms with Gasteiger partial charge in [-0.2, -0.15) is 4.98 Å². The number of nitrogens with zero attached hydrogens (tertiary/aromatic N) is 6. The molecule has 2 aliphatic rings. The molecule has 2 fully saturated rings. The number of ether oxygens (including phenoxy) is 1. The second-order valence-corrected chi connectivity index (χ2v) is 12.1. The van der Waals surface area contributed by atoms with Crippen LogP contribution in [0.15, 0.2) is 47.2 Å². The smallest absolute Gasteiger partial charge is 0.229 e. The molecule has 2 aromatic carbocycles. The van der Waals surface area contributed by atoms with E-state index in [0.29, 0.717) is 39.1 Å². The Balaban J connectivity index is 1.23. The van der Waals surface area contributed by atoms with Gasteiger partial charge in [0.25, 0.3) is 0 Å². The fraction of sp³-hybridized carbons (Fsp3) is 0.419. The van der Waals surface area contributed by atoms with Crippen molar-refractivity contribution in [3.05, 3.63) is 64.1 Å². The number of halogens is 2. The molecular weight excluding hydrogens is 601 g/mol. The molecule has 9 nitrogen and oxygen atoms in total. The van der Waals surface area contributed by atoms with Crippen molar-refractivity contribution in [1.82, 2.24) is 24.3 Å². The molecule has 222 valence electrons. The van der Waals surface area contributed by atoms with E-state index in [1.165, 1.54) is 17.8 Å². The Hall–Kier alpha value is -3.25. The molecule has 42 heavy (non-hydrogen) atoms. The Kier molecular flexibility index (Phi) is 8.35. The summed E-state index contributed by atoms with van der Waals surface area (Å²) >= 11 is 3.55. The van der Waals surface area contributed by atoms with Crippen molar-refractivity contribution in [1.29, 1.82) is 0 Å². The van der Waals surface area contributed by atoms with E-state index in [0.717, 1.165) is 68.7 Å². The molecule has 0 radical (unpaired) electrons. The van der Waals surface area contributed by atoms with Gasteiger partial charge in [-0.25, -0.2) is 9.37 Å². The van der Waals surface area contributed by atoms with Crippen molar-refractivity contribution in [2.75, 3.05) is 63.6 Å². The van der Waals surface area contributed by atoms with Gasteiger partial charge in [0, 0.05) is 80.4 Å². The molecule has 2 N–H and O–H groups in total. The lowest BCUT2D eigenvalue weighted by atomic mass is 10.0. The Morgan fingerprint density at radius 2 is 1.86 bits per heavy atom. The molecular formula is C31H37BrFN7O2. The topological polar surface area (TPSA) is 81.9 Å². The van der Waals surface area contributed by atoms with E-state index in [4.69, 9.17) is 9.72 Å². The van der Waals surface area contributed by atoms with E-state index in [-0.39, 0.29) is 12.4 Å². The number of hydrogen-bond donors (Lipinski definition) is 2. The van der Waals surface area contributed by atoms with Gasteiger partial charge in [0.15, 0.2) is 5.82 Å². The Morgan fingerprint density at radius 3 is 2.57 bits per heavy atom. The maximum atomic E-state index is 14.2. The summed E-state index contributed by atoms with van der Waals surface area (Å²) in [5.74, 6) is 1.24. The summed E-state index contributed by atoms with van der Waals surface area (Å²) in [5.41, 5.74) is 4.39. The summed E-state index contributed by atoms with van der Waals surface area (Å²) in [6.45, 7) is 8.62. The summed E-state index contributed by atoms with van der Waals surface area (Å²) in [6.07, 6.45) is 5.76. The van der Waals surface area contributed by atoms with Crippen molar-refractivity contribution >= 4 is 44.2 Å². The van der Waals surface area contributed by atoms with Crippen LogP contribution in [-0.4, -0.2) is 88.9 Å². The van der Waals surface area contributed by atoms with E-state index in [1.54, 1.807) is 30.1 Å². The maximum absolute atomic E-state index is 14.2. The Labute approximate surface area is 254 Å². The fourth-order valence-corrected chi connectivity index (χ4v) is 6.61. The van der Waals surface area contributed by atoms with Gasteiger partial charge in [-0.3, -0.25) is 9.47 Å². The number of fused-ring (bicyclic) bond motifs is 1. The first-order valence-corrected chi connectivity index (χ1v) is 15.2. The van der Waals surface area contributed by atoms with Crippen molar-refractivity contribution in [3.63, 3.8) is 0 Å². The van der Waals surface area contributed by atoms with Gasteiger partial charge in [0.05, 0.1) is 29.4 Å². The van der Waals surface area contributed by atoms with Crippen LogP contribution in [0.2, 0.25) is 0 Å². The summed E-state index contributed by atoms with van der Waals surface area (Å²) in [7, 11) is 3.88. The Bertz CT molecular complexity index is 1580. The standard InChI is InChI=1S/C31H37BrFN7O2/c1-20-14-26(29(42-3)16-27(20)39-8-6-23(7-9-39)38-12-10-37(2)11-13-38)35-31-34-17-25(32)30(36-31)40-18-21(19-41)24-5-4-22(33)15-28(24)40/h4-5,14-18,23,41H,6-13,19H2,1-3H3,(H,34,35,36). The number of rotatable bonds is 7. The molecule has 11 heteroatoms. The molecule has 2 aromatic heterocycles. The van der Waals surface area contributed by atoms with E-state index in [1.807, 2.05) is 0 Å². The highest BCUT2D eigenvalue weighted by Gasteiger charge is 2.28. The third-order valence-corrected chi connectivity index (χ3v) is 9.16. The van der Waals surface area contributed by atoms with Crippen molar-refractivity contribution < 1.29 is 14.2 Å². The molecule has 4 heterocycles. The van der Waals surface area contributed by atoms with E-state index < -0.39 is 0 Å². The van der Waals surface area contributed by atoms with Gasteiger partial charge in [0.1, 0.15) is 11.6 Å². The zero-order chi connectivity index (χ0) is 29.4. The predicted octanol–water partition coefficient (Wildman–Crippen LogP) is 5.09. The minimum Gasteiger partial charge on any atom is -0.494 e. The molecule has 4 aromatic rings. The summed E-state index contributed by atoms with van der Waals surface area (Å²) in [5, 5.41) is 14.0. The van der Waals surface area contributed by atoms with Crippen LogP contribution in [0.1, 0.15) is 24.0 Å². The lowest BCUT2D eigenvalue weighted by Gasteiger charge is -2.43. The van der Waals surface area contributed by atoms with Crippen molar-refractivity contribution in [3.8, 4) is 11.6 Å². The average Bonchev–Trinajstić information content (AvgIpc) is 3.36. The largest absolute Gasteiger partial charge is 0.494 e. The van der Waals surface area contributed by atoms with Crippen LogP contribution in [0, 0.1) is 12.7 Å². The number of aryl methyl sites for hydroxylation is 1. The minimum atomic E-state index is -0.362. The lowest BCUT2D eigenvalue weighted by molar-refractivity contribution is 0.0982. The first kappa shape index (κ1) is 28.9. The van der Waals surface area contributed by atoms with Gasteiger partial charge in [-0.15, -0.1) is 0 Å². The highest BCUT2D eigenvalue weighted by Crippen LogP contribution is 2.37. The van der Waals surface area contributed by atoms with Crippen LogP contribution < -0.4 is 15.0 Å². The number of aliphatic hydroxyl groups excluding tert-OH is 1. The number of benzene rings is 2. The van der Waals surface area contributed by atoms with E-state index in [9.17, 15) is 9.50 Å². The Morgan fingerprint density at radius 1 is 1.10 bits per heavy atom. The first-order valence-electron chi connectivity index (χ1n) is 14.4. The minimum absolute atomic E-state index is 0.167. The van der Waals surface area contributed by atoms with Gasteiger partial charge < -0.3 is 25.0 Å². The molecule has 0 atom stereocenters. The average molecular weight is 639 g/mol. The monoisotopic (exact) mass is 637 g/mol. The second kappa shape index (κ2) is 12.2. The molecule has 0 saturated carbocycles. The summed E-state index contributed by atoms with van der Waals surface area (Å²) in [4.78, 5) is 16.8. The third kappa shape index (κ3) is 5.70. The van der Waals surface area contributed by atoms with E-state index >= 15 is 0 Å². The van der Waals surface area contributed by atoms with Crippen LogP contribution in [0.3, 0.4) is 0 Å². The van der Waals surface area contributed by atoms with Crippen LogP contribution in [0.25, 0.3) is 16.7 Å². The number of methoxy groups -OCH3 is 1.